The number of pyridine rings is 1. The first-order valence-corrected chi connectivity index (χ1v) is 12.6. The summed E-state index contributed by atoms with van der Waals surface area (Å²) in [5.74, 6) is -2.05. The largest absolute Gasteiger partial charge is 0.507 e. The second-order valence-electron chi connectivity index (χ2n) is 9.26. The molecule has 2 aromatic carbocycles. The van der Waals surface area contributed by atoms with E-state index in [1.807, 2.05) is 18.2 Å². The van der Waals surface area contributed by atoms with Gasteiger partial charge in [0.05, 0.1) is 24.3 Å². The van der Waals surface area contributed by atoms with E-state index in [9.17, 15) is 19.5 Å². The molecule has 1 aliphatic carbocycles. The fourth-order valence-electron chi connectivity index (χ4n) is 5.11. The van der Waals surface area contributed by atoms with Crippen molar-refractivity contribution in [2.75, 3.05) is 11.5 Å². The summed E-state index contributed by atoms with van der Waals surface area (Å²) in [4.78, 5) is 44.4. The zero-order valence-electron chi connectivity index (χ0n) is 20.6. The Morgan fingerprint density at radius 2 is 1.78 bits per heavy atom. The number of esters is 1. The number of amides is 1. The molecule has 7 heteroatoms. The molecular formula is C30H28N2O5. The molecule has 1 amide bonds. The van der Waals surface area contributed by atoms with E-state index >= 15 is 0 Å². The van der Waals surface area contributed by atoms with E-state index in [0.717, 1.165) is 36.8 Å². The highest BCUT2D eigenvalue weighted by molar-refractivity contribution is 6.51. The molecule has 37 heavy (non-hydrogen) atoms. The van der Waals surface area contributed by atoms with E-state index in [1.165, 1.54) is 10.5 Å². The molecule has 1 unspecified atom stereocenters. The van der Waals surface area contributed by atoms with E-state index in [-0.39, 0.29) is 23.7 Å². The van der Waals surface area contributed by atoms with Crippen molar-refractivity contribution in [3.63, 3.8) is 0 Å². The predicted octanol–water partition coefficient (Wildman–Crippen LogP) is 4.69. The van der Waals surface area contributed by atoms with Gasteiger partial charge in [-0.1, -0.05) is 30.3 Å². The second-order valence-corrected chi connectivity index (χ2v) is 9.26. The lowest BCUT2D eigenvalue weighted by atomic mass is 9.89. The van der Waals surface area contributed by atoms with Crippen molar-refractivity contribution in [3.05, 3.63) is 100 Å². The minimum atomic E-state index is -0.895. The summed E-state index contributed by atoms with van der Waals surface area (Å²) in [5.41, 5.74) is 4.61. The maximum atomic E-state index is 13.4. The van der Waals surface area contributed by atoms with E-state index in [1.54, 1.807) is 55.6 Å². The molecule has 1 aliphatic heterocycles. The number of aliphatic hydroxyl groups excluding tert-OH is 1. The first-order chi connectivity index (χ1) is 18.0. The number of anilines is 1. The number of aromatic nitrogens is 1. The minimum absolute atomic E-state index is 0.00931. The van der Waals surface area contributed by atoms with E-state index < -0.39 is 17.7 Å². The van der Waals surface area contributed by atoms with Gasteiger partial charge in [-0.25, -0.2) is 0 Å². The molecule has 1 atom stereocenters. The van der Waals surface area contributed by atoms with Crippen molar-refractivity contribution < 1.29 is 24.2 Å². The fourth-order valence-corrected chi connectivity index (χ4v) is 5.11. The molecule has 7 nitrogen and oxygen atoms in total. The monoisotopic (exact) mass is 496 g/mol. The molecule has 0 saturated carbocycles. The summed E-state index contributed by atoms with van der Waals surface area (Å²) < 4.78 is 5.01. The smallest absolute Gasteiger partial charge is 0.310 e. The van der Waals surface area contributed by atoms with Gasteiger partial charge in [-0.05, 0) is 79.6 Å². The van der Waals surface area contributed by atoms with Crippen molar-refractivity contribution in [2.24, 2.45) is 0 Å². The van der Waals surface area contributed by atoms with Crippen LogP contribution in [0.5, 0.6) is 0 Å². The number of carbonyl (C=O) groups is 3. The second kappa shape index (κ2) is 10.4. The molecular weight excluding hydrogens is 468 g/mol. The Morgan fingerprint density at radius 1 is 1.03 bits per heavy atom. The highest BCUT2D eigenvalue weighted by Gasteiger charge is 2.47. The zero-order chi connectivity index (χ0) is 25.9. The molecule has 1 aromatic heterocycles. The van der Waals surface area contributed by atoms with Crippen LogP contribution in [0.15, 0.2) is 72.4 Å². The van der Waals surface area contributed by atoms with Gasteiger partial charge in [-0.3, -0.25) is 24.3 Å². The summed E-state index contributed by atoms with van der Waals surface area (Å²) in [7, 11) is 0. The third kappa shape index (κ3) is 4.77. The number of fused-ring (bicyclic) bond motifs is 1. The molecule has 1 N–H and O–H groups in total. The van der Waals surface area contributed by atoms with Gasteiger partial charge in [-0.15, -0.1) is 0 Å². The molecule has 1 fully saturated rings. The predicted molar refractivity (Wildman–Crippen MR) is 139 cm³/mol. The summed E-state index contributed by atoms with van der Waals surface area (Å²) in [5, 5.41) is 11.4. The average molecular weight is 497 g/mol. The lowest BCUT2D eigenvalue weighted by molar-refractivity contribution is -0.142. The number of hydrogen-bond acceptors (Lipinski definition) is 6. The standard InChI is InChI=1S/C30H28N2O5/c1-2-37-25(33)17-19-10-14-23(15-11-19)32-27(24-9-5-6-16-31-24)26(29(35)30(32)36)28(34)22-13-12-20-7-3-4-8-21(20)18-22/h5-6,9-16,18,27,34H,2-4,7-8,17H2,1H3/b28-26-. The van der Waals surface area contributed by atoms with Crippen LogP contribution in [0, 0.1) is 0 Å². The van der Waals surface area contributed by atoms with Gasteiger partial charge in [-0.2, -0.15) is 0 Å². The van der Waals surface area contributed by atoms with E-state index in [2.05, 4.69) is 4.98 Å². The summed E-state index contributed by atoms with van der Waals surface area (Å²) in [6.07, 6.45) is 5.85. The van der Waals surface area contributed by atoms with Crippen molar-refractivity contribution >= 4 is 29.1 Å². The molecule has 0 bridgehead atoms. The number of carbonyl (C=O) groups excluding carboxylic acids is 3. The van der Waals surface area contributed by atoms with Crippen molar-refractivity contribution in [1.29, 1.82) is 0 Å². The van der Waals surface area contributed by atoms with Crippen LogP contribution < -0.4 is 4.90 Å². The van der Waals surface area contributed by atoms with Gasteiger partial charge in [0, 0.05) is 17.4 Å². The molecule has 2 heterocycles. The minimum Gasteiger partial charge on any atom is -0.507 e. The normalized spacial score (nSPS) is 18.5. The van der Waals surface area contributed by atoms with E-state index in [4.69, 9.17) is 4.74 Å². The molecule has 3 aromatic rings. The number of aryl methyl sites for hydroxylation is 2. The first kappa shape index (κ1) is 24.4. The quantitative estimate of drug-likeness (QED) is 0.230. The van der Waals surface area contributed by atoms with Gasteiger partial charge in [0.15, 0.2) is 0 Å². The van der Waals surface area contributed by atoms with Gasteiger partial charge < -0.3 is 9.84 Å². The van der Waals surface area contributed by atoms with Crippen LogP contribution in [0.3, 0.4) is 0 Å². The van der Waals surface area contributed by atoms with Gasteiger partial charge in [0.25, 0.3) is 11.7 Å². The first-order valence-electron chi connectivity index (χ1n) is 12.6. The van der Waals surface area contributed by atoms with Gasteiger partial charge in [0.1, 0.15) is 11.8 Å². The van der Waals surface area contributed by atoms with Crippen molar-refractivity contribution in [3.8, 4) is 0 Å². The van der Waals surface area contributed by atoms with Crippen molar-refractivity contribution in [2.45, 2.75) is 45.1 Å². The molecule has 0 radical (unpaired) electrons. The molecule has 2 aliphatic rings. The summed E-state index contributed by atoms with van der Waals surface area (Å²) >= 11 is 0. The van der Waals surface area contributed by atoms with Crippen LogP contribution in [-0.4, -0.2) is 34.4 Å². The SMILES string of the molecule is CCOC(=O)Cc1ccc(N2C(=O)C(=O)/C(=C(\O)c3ccc4c(c3)CCCC4)C2c2ccccn2)cc1. The zero-order valence-corrected chi connectivity index (χ0v) is 20.6. The van der Waals surface area contributed by atoms with Gasteiger partial charge in [0.2, 0.25) is 0 Å². The number of aliphatic hydroxyl groups is 1. The van der Waals surface area contributed by atoms with Crippen LogP contribution in [0.2, 0.25) is 0 Å². The Balaban J connectivity index is 1.57. The Bertz CT molecular complexity index is 1380. The third-order valence-corrected chi connectivity index (χ3v) is 6.90. The average Bonchev–Trinajstić information content (AvgIpc) is 3.19. The fraction of sp³-hybridized carbons (Fsp3) is 0.267. The Morgan fingerprint density at radius 3 is 2.49 bits per heavy atom. The van der Waals surface area contributed by atoms with Gasteiger partial charge >= 0.3 is 5.97 Å². The van der Waals surface area contributed by atoms with Crippen LogP contribution in [0.1, 0.15) is 53.8 Å². The van der Waals surface area contributed by atoms with Crippen LogP contribution >= 0.6 is 0 Å². The number of nitrogens with zero attached hydrogens (tertiary/aromatic N) is 2. The third-order valence-electron chi connectivity index (χ3n) is 6.90. The number of Topliss-reactive ketones (excluding diaryl/α,β-unsaturated/α-hetero) is 1. The lowest BCUT2D eigenvalue weighted by Gasteiger charge is -2.25. The van der Waals surface area contributed by atoms with Crippen molar-refractivity contribution in [1.82, 2.24) is 4.98 Å². The Hall–Kier alpha value is -4.26. The summed E-state index contributed by atoms with van der Waals surface area (Å²) in [6, 6.07) is 16.9. The van der Waals surface area contributed by atoms with Crippen LogP contribution in [-0.2, 0) is 38.4 Å². The number of ether oxygens (including phenoxy) is 1. The number of ketones is 1. The highest BCUT2D eigenvalue weighted by Crippen LogP contribution is 2.41. The number of hydrogen-bond donors (Lipinski definition) is 1. The van der Waals surface area contributed by atoms with Crippen LogP contribution in [0.4, 0.5) is 5.69 Å². The van der Waals surface area contributed by atoms with Crippen LogP contribution in [0.25, 0.3) is 5.76 Å². The molecule has 188 valence electrons. The maximum absolute atomic E-state index is 13.4. The molecule has 5 rings (SSSR count). The maximum Gasteiger partial charge on any atom is 0.310 e. The number of benzene rings is 2. The Kier molecular flexibility index (Phi) is 6.86. The highest BCUT2D eigenvalue weighted by atomic mass is 16.5. The molecule has 0 spiro atoms. The topological polar surface area (TPSA) is 96.8 Å². The molecule has 1 saturated heterocycles. The van der Waals surface area contributed by atoms with E-state index in [0.29, 0.717) is 23.6 Å². The lowest BCUT2D eigenvalue weighted by Crippen LogP contribution is -2.29. The summed E-state index contributed by atoms with van der Waals surface area (Å²) in [6.45, 7) is 2.05. The Labute approximate surface area is 215 Å². The number of rotatable bonds is 6.